The Morgan fingerprint density at radius 2 is 2.08 bits per heavy atom. The molecule has 1 aliphatic heterocycles. The van der Waals surface area contributed by atoms with Gasteiger partial charge in [-0.25, -0.2) is 9.78 Å². The van der Waals surface area contributed by atoms with E-state index in [-0.39, 0.29) is 12.1 Å². The number of amides is 2. The summed E-state index contributed by atoms with van der Waals surface area (Å²) in [4.78, 5) is 16.5. The highest BCUT2D eigenvalue weighted by Crippen LogP contribution is 2.40. The summed E-state index contributed by atoms with van der Waals surface area (Å²) in [7, 11) is 0. The van der Waals surface area contributed by atoms with E-state index < -0.39 is 0 Å². The minimum absolute atomic E-state index is 0.0235. The molecule has 0 aliphatic carbocycles. The number of hydrogen-bond acceptors (Lipinski definition) is 3. The van der Waals surface area contributed by atoms with E-state index in [9.17, 15) is 4.79 Å². The van der Waals surface area contributed by atoms with E-state index in [0.29, 0.717) is 17.8 Å². The number of hydrogen-bond donors (Lipinski definition) is 2. The third-order valence-electron chi connectivity index (χ3n) is 4.66. The number of anilines is 1. The van der Waals surface area contributed by atoms with Crippen LogP contribution in [-0.4, -0.2) is 22.1 Å². The average molecular weight is 343 g/mol. The van der Waals surface area contributed by atoms with E-state index in [4.69, 9.17) is 5.26 Å². The molecule has 2 amide bonds. The number of carbonyl (C=O) groups excluding carboxylic acids is 1. The molecule has 0 radical (unpaired) electrons. The molecule has 6 heteroatoms. The smallest absolute Gasteiger partial charge is 0.319 e. The van der Waals surface area contributed by atoms with Crippen LogP contribution < -0.4 is 10.6 Å². The third kappa shape index (κ3) is 2.70. The van der Waals surface area contributed by atoms with Gasteiger partial charge in [0.15, 0.2) is 0 Å². The SMILES string of the molecule is Cc1cccc2c1C(CNC(=O)Nc1ccc(C#N)cc1)n1cncc1-2. The Balaban J connectivity index is 1.48. The van der Waals surface area contributed by atoms with E-state index in [2.05, 4.69) is 45.3 Å². The minimum Gasteiger partial charge on any atom is -0.335 e. The van der Waals surface area contributed by atoms with Gasteiger partial charge in [0.1, 0.15) is 0 Å². The molecule has 128 valence electrons. The van der Waals surface area contributed by atoms with Crippen molar-refractivity contribution < 1.29 is 4.79 Å². The molecular formula is C20H17N5O. The Morgan fingerprint density at radius 3 is 2.85 bits per heavy atom. The lowest BCUT2D eigenvalue weighted by atomic mass is 9.97. The van der Waals surface area contributed by atoms with E-state index >= 15 is 0 Å². The molecule has 4 rings (SSSR count). The summed E-state index contributed by atoms with van der Waals surface area (Å²) < 4.78 is 2.10. The van der Waals surface area contributed by atoms with Crippen molar-refractivity contribution in [2.75, 3.05) is 11.9 Å². The van der Waals surface area contributed by atoms with Gasteiger partial charge in [0, 0.05) is 17.8 Å². The molecule has 1 atom stereocenters. The van der Waals surface area contributed by atoms with Crippen LogP contribution in [0.3, 0.4) is 0 Å². The molecule has 0 saturated carbocycles. The normalized spacial score (nSPS) is 14.2. The van der Waals surface area contributed by atoms with Crippen LogP contribution in [0.5, 0.6) is 0 Å². The maximum absolute atomic E-state index is 12.3. The number of rotatable bonds is 3. The Bertz CT molecular complexity index is 1010. The molecule has 2 N–H and O–H groups in total. The van der Waals surface area contributed by atoms with E-state index in [1.54, 1.807) is 30.6 Å². The molecule has 0 spiro atoms. The Hall–Kier alpha value is -3.59. The van der Waals surface area contributed by atoms with Crippen molar-refractivity contribution in [3.63, 3.8) is 0 Å². The van der Waals surface area contributed by atoms with Gasteiger partial charge in [-0.2, -0.15) is 5.26 Å². The number of nitriles is 1. The first-order valence-electron chi connectivity index (χ1n) is 8.34. The second-order valence-corrected chi connectivity index (χ2v) is 6.26. The van der Waals surface area contributed by atoms with Crippen LogP contribution in [0.4, 0.5) is 10.5 Å². The van der Waals surface area contributed by atoms with E-state index in [1.807, 2.05) is 12.3 Å². The van der Waals surface area contributed by atoms with Gasteiger partial charge < -0.3 is 15.2 Å². The fraction of sp³-hybridized carbons (Fsp3) is 0.150. The molecule has 2 heterocycles. The molecule has 2 aromatic carbocycles. The Morgan fingerprint density at radius 1 is 1.27 bits per heavy atom. The zero-order valence-corrected chi connectivity index (χ0v) is 14.2. The summed E-state index contributed by atoms with van der Waals surface area (Å²) in [5.41, 5.74) is 5.87. The first kappa shape index (κ1) is 15.9. The van der Waals surface area contributed by atoms with Crippen molar-refractivity contribution in [1.82, 2.24) is 14.9 Å². The number of urea groups is 1. The third-order valence-corrected chi connectivity index (χ3v) is 4.66. The van der Waals surface area contributed by atoms with Crippen molar-refractivity contribution in [2.24, 2.45) is 0 Å². The zero-order chi connectivity index (χ0) is 18.1. The first-order chi connectivity index (χ1) is 12.7. The van der Waals surface area contributed by atoms with Crippen LogP contribution in [0, 0.1) is 18.3 Å². The molecule has 26 heavy (non-hydrogen) atoms. The van der Waals surface area contributed by atoms with Crippen LogP contribution in [0.25, 0.3) is 11.3 Å². The number of carbonyl (C=O) groups is 1. The molecule has 6 nitrogen and oxygen atoms in total. The number of imidazole rings is 1. The highest BCUT2D eigenvalue weighted by Gasteiger charge is 2.29. The number of aromatic nitrogens is 2. The van der Waals surface area contributed by atoms with Crippen LogP contribution in [0.1, 0.15) is 22.7 Å². The largest absolute Gasteiger partial charge is 0.335 e. The van der Waals surface area contributed by atoms with Crippen molar-refractivity contribution in [1.29, 1.82) is 5.26 Å². The predicted octanol–water partition coefficient (Wildman–Crippen LogP) is 3.45. The van der Waals surface area contributed by atoms with E-state index in [1.165, 1.54) is 16.7 Å². The molecule has 1 aliphatic rings. The van der Waals surface area contributed by atoms with Gasteiger partial charge in [-0.3, -0.25) is 0 Å². The van der Waals surface area contributed by atoms with Crippen molar-refractivity contribution in [2.45, 2.75) is 13.0 Å². The van der Waals surface area contributed by atoms with E-state index in [0.717, 1.165) is 5.69 Å². The zero-order valence-electron chi connectivity index (χ0n) is 14.2. The molecule has 1 unspecified atom stereocenters. The van der Waals surface area contributed by atoms with Crippen LogP contribution >= 0.6 is 0 Å². The summed E-state index contributed by atoms with van der Waals surface area (Å²) in [5.74, 6) is 0. The predicted molar refractivity (Wildman–Crippen MR) is 98.7 cm³/mol. The molecule has 0 fully saturated rings. The van der Waals surface area contributed by atoms with Crippen LogP contribution in [0.2, 0.25) is 0 Å². The second kappa shape index (κ2) is 6.37. The molecular weight excluding hydrogens is 326 g/mol. The monoisotopic (exact) mass is 343 g/mol. The van der Waals surface area contributed by atoms with Crippen molar-refractivity contribution >= 4 is 11.7 Å². The lowest BCUT2D eigenvalue weighted by Crippen LogP contribution is -2.33. The van der Waals surface area contributed by atoms with Crippen molar-refractivity contribution in [3.8, 4) is 17.3 Å². The number of fused-ring (bicyclic) bond motifs is 3. The maximum Gasteiger partial charge on any atom is 0.319 e. The Kier molecular flexibility index (Phi) is 3.90. The first-order valence-corrected chi connectivity index (χ1v) is 8.34. The molecule has 1 aromatic heterocycles. The average Bonchev–Trinajstić information content (AvgIpc) is 3.23. The quantitative estimate of drug-likeness (QED) is 0.764. The van der Waals surface area contributed by atoms with Gasteiger partial charge in [0.05, 0.1) is 35.9 Å². The topological polar surface area (TPSA) is 82.7 Å². The van der Waals surface area contributed by atoms with Gasteiger partial charge >= 0.3 is 6.03 Å². The fourth-order valence-corrected chi connectivity index (χ4v) is 3.44. The lowest BCUT2D eigenvalue weighted by molar-refractivity contribution is 0.251. The second-order valence-electron chi connectivity index (χ2n) is 6.26. The van der Waals surface area contributed by atoms with Gasteiger partial charge in [-0.15, -0.1) is 0 Å². The molecule has 3 aromatic rings. The van der Waals surface area contributed by atoms with Gasteiger partial charge in [0.2, 0.25) is 0 Å². The summed E-state index contributed by atoms with van der Waals surface area (Å²) in [6.45, 7) is 2.55. The highest BCUT2D eigenvalue weighted by molar-refractivity contribution is 5.89. The summed E-state index contributed by atoms with van der Waals surface area (Å²) in [5, 5.41) is 14.5. The van der Waals surface area contributed by atoms with Crippen LogP contribution in [0.15, 0.2) is 55.0 Å². The number of nitrogens with zero attached hydrogens (tertiary/aromatic N) is 3. The Labute approximate surface area is 151 Å². The summed E-state index contributed by atoms with van der Waals surface area (Å²) in [6, 6.07) is 14.8. The molecule has 0 saturated heterocycles. The number of benzene rings is 2. The molecule has 0 bridgehead atoms. The highest BCUT2D eigenvalue weighted by atomic mass is 16.2. The standard InChI is InChI=1S/C20H17N5O/c1-13-3-2-4-16-17-10-22-12-25(17)18(19(13)16)11-23-20(26)24-15-7-5-14(9-21)6-8-15/h2-8,10,12,18H,11H2,1H3,(H2,23,24,26). The fourth-order valence-electron chi connectivity index (χ4n) is 3.44. The maximum atomic E-state index is 12.3. The number of nitrogens with one attached hydrogen (secondary N) is 2. The number of aryl methyl sites for hydroxylation is 1. The summed E-state index contributed by atoms with van der Waals surface area (Å²) >= 11 is 0. The summed E-state index contributed by atoms with van der Waals surface area (Å²) in [6.07, 6.45) is 3.66. The minimum atomic E-state index is -0.279. The van der Waals surface area contributed by atoms with Crippen molar-refractivity contribution in [3.05, 3.63) is 71.7 Å². The van der Waals surface area contributed by atoms with Gasteiger partial charge in [-0.05, 0) is 42.3 Å². The lowest BCUT2D eigenvalue weighted by Gasteiger charge is -2.17. The van der Waals surface area contributed by atoms with Crippen LogP contribution in [-0.2, 0) is 0 Å². The van der Waals surface area contributed by atoms with Gasteiger partial charge in [0.25, 0.3) is 0 Å². The van der Waals surface area contributed by atoms with Gasteiger partial charge in [-0.1, -0.05) is 18.2 Å².